The Balaban J connectivity index is 2.22. The highest BCUT2D eigenvalue weighted by atomic mass is 32.2. The van der Waals surface area contributed by atoms with Crippen LogP contribution < -0.4 is 4.72 Å². The number of benzene rings is 1. The van der Waals surface area contributed by atoms with Gasteiger partial charge in [0.2, 0.25) is 10.0 Å². The molecule has 104 valence electrons. The summed E-state index contributed by atoms with van der Waals surface area (Å²) in [7, 11) is -3.49. The van der Waals surface area contributed by atoms with Gasteiger partial charge >= 0.3 is 0 Å². The van der Waals surface area contributed by atoms with Crippen molar-refractivity contribution < 1.29 is 13.2 Å². The van der Waals surface area contributed by atoms with E-state index in [0.29, 0.717) is 5.56 Å². The third-order valence-electron chi connectivity index (χ3n) is 3.91. The lowest BCUT2D eigenvalue weighted by atomic mass is 9.76. The highest BCUT2D eigenvalue weighted by molar-refractivity contribution is 7.89. The average Bonchev–Trinajstić information content (AvgIpc) is 2.34. The van der Waals surface area contributed by atoms with Crippen molar-refractivity contribution in [1.29, 1.82) is 0 Å². The summed E-state index contributed by atoms with van der Waals surface area (Å²) in [5, 5.41) is 0. The van der Waals surface area contributed by atoms with Crippen molar-refractivity contribution in [3.63, 3.8) is 0 Å². The maximum absolute atomic E-state index is 12.3. The van der Waals surface area contributed by atoms with Gasteiger partial charge in [0.05, 0.1) is 4.90 Å². The van der Waals surface area contributed by atoms with Crippen molar-refractivity contribution >= 4 is 15.8 Å². The zero-order valence-electron chi connectivity index (χ0n) is 11.3. The molecule has 0 radical (unpaired) electrons. The molecule has 19 heavy (non-hydrogen) atoms. The van der Waals surface area contributed by atoms with E-state index < -0.39 is 10.0 Å². The Morgan fingerprint density at radius 2 is 1.84 bits per heavy atom. The summed E-state index contributed by atoms with van der Waals surface area (Å²) in [6.07, 6.45) is 3.67. The molecule has 0 unspecified atom stereocenters. The molecule has 0 amide bonds. The lowest BCUT2D eigenvalue weighted by Gasteiger charge is -2.41. The number of rotatable bonds is 5. The van der Waals surface area contributed by atoms with Crippen molar-refractivity contribution in [2.45, 2.75) is 50.0 Å². The number of carbonyl (C=O) groups is 1. The summed E-state index contributed by atoms with van der Waals surface area (Å²) in [5.41, 5.74) is 0.255. The van der Waals surface area contributed by atoms with Crippen molar-refractivity contribution in [2.75, 3.05) is 0 Å². The molecule has 1 aromatic carbocycles. The van der Waals surface area contributed by atoms with Gasteiger partial charge in [0.25, 0.3) is 0 Å². The van der Waals surface area contributed by atoms with Crippen LogP contribution in [0.1, 0.15) is 49.9 Å². The summed E-state index contributed by atoms with van der Waals surface area (Å²) >= 11 is 0. The smallest absolute Gasteiger partial charge is 0.241 e. The van der Waals surface area contributed by atoms with E-state index in [1.807, 2.05) is 6.92 Å². The Bertz CT molecular complexity index is 566. The van der Waals surface area contributed by atoms with Crippen LogP contribution in [0.4, 0.5) is 0 Å². The molecule has 0 aromatic heterocycles. The first-order chi connectivity index (χ1) is 8.88. The lowest BCUT2D eigenvalue weighted by Crippen LogP contribution is -2.52. The number of Topliss-reactive ketones (excluding diaryl/α,β-unsaturated/α-hetero) is 1. The Labute approximate surface area is 114 Å². The summed E-state index contributed by atoms with van der Waals surface area (Å²) in [4.78, 5) is 11.4. The van der Waals surface area contributed by atoms with Gasteiger partial charge in [-0.3, -0.25) is 4.79 Å². The first-order valence-corrected chi connectivity index (χ1v) is 8.02. The molecular formula is C14H19NO3S. The molecule has 1 fully saturated rings. The third kappa shape index (κ3) is 2.87. The SMILES string of the molecule is CCC1(NS(=O)(=O)c2ccc(C(C)=O)cc2)CCC1. The van der Waals surface area contributed by atoms with Gasteiger partial charge in [-0.15, -0.1) is 0 Å². The van der Waals surface area contributed by atoms with E-state index in [2.05, 4.69) is 4.72 Å². The van der Waals surface area contributed by atoms with Crippen LogP contribution in [0.15, 0.2) is 29.2 Å². The summed E-state index contributed by atoms with van der Waals surface area (Å²) in [6.45, 7) is 3.46. The van der Waals surface area contributed by atoms with Crippen LogP contribution in [0.3, 0.4) is 0 Å². The van der Waals surface area contributed by atoms with E-state index in [1.54, 1.807) is 12.1 Å². The van der Waals surface area contributed by atoms with Crippen LogP contribution in [0, 0.1) is 0 Å². The normalized spacial score (nSPS) is 17.8. The molecule has 0 saturated heterocycles. The van der Waals surface area contributed by atoms with Gasteiger partial charge < -0.3 is 0 Å². The molecular weight excluding hydrogens is 262 g/mol. The highest BCUT2D eigenvalue weighted by Gasteiger charge is 2.38. The highest BCUT2D eigenvalue weighted by Crippen LogP contribution is 2.36. The van der Waals surface area contributed by atoms with E-state index in [1.165, 1.54) is 19.1 Å². The zero-order chi connectivity index (χ0) is 14.1. The maximum atomic E-state index is 12.3. The van der Waals surface area contributed by atoms with Crippen molar-refractivity contribution in [3.05, 3.63) is 29.8 Å². The molecule has 0 bridgehead atoms. The van der Waals surface area contributed by atoms with Gasteiger partial charge in [-0.05, 0) is 44.7 Å². The van der Waals surface area contributed by atoms with Gasteiger partial charge in [-0.2, -0.15) is 0 Å². The number of nitrogens with one attached hydrogen (secondary N) is 1. The predicted molar refractivity (Wildman–Crippen MR) is 73.6 cm³/mol. The largest absolute Gasteiger partial charge is 0.295 e. The van der Waals surface area contributed by atoms with Gasteiger partial charge in [-0.1, -0.05) is 19.1 Å². The number of sulfonamides is 1. The molecule has 0 spiro atoms. The monoisotopic (exact) mass is 281 g/mol. The van der Waals surface area contributed by atoms with Crippen LogP contribution in [-0.4, -0.2) is 19.7 Å². The molecule has 0 heterocycles. The average molecular weight is 281 g/mol. The molecule has 2 rings (SSSR count). The molecule has 1 saturated carbocycles. The van der Waals surface area contributed by atoms with Crippen molar-refractivity contribution in [2.24, 2.45) is 0 Å². The third-order valence-corrected chi connectivity index (χ3v) is 5.50. The first-order valence-electron chi connectivity index (χ1n) is 6.53. The Morgan fingerprint density at radius 1 is 1.26 bits per heavy atom. The van der Waals surface area contributed by atoms with Gasteiger partial charge in [0.1, 0.15) is 0 Å². The van der Waals surface area contributed by atoms with Gasteiger partial charge in [-0.25, -0.2) is 13.1 Å². The fraction of sp³-hybridized carbons (Fsp3) is 0.500. The lowest BCUT2D eigenvalue weighted by molar-refractivity contribution is 0.101. The second kappa shape index (κ2) is 5.06. The van der Waals surface area contributed by atoms with E-state index in [4.69, 9.17) is 0 Å². The van der Waals surface area contributed by atoms with Crippen molar-refractivity contribution in [1.82, 2.24) is 4.72 Å². The van der Waals surface area contributed by atoms with E-state index >= 15 is 0 Å². The van der Waals surface area contributed by atoms with Crippen LogP contribution >= 0.6 is 0 Å². The predicted octanol–water partition coefficient (Wildman–Crippen LogP) is 2.50. The molecule has 1 aliphatic carbocycles. The molecule has 4 nitrogen and oxygen atoms in total. The van der Waals surface area contributed by atoms with Crippen LogP contribution in [0.5, 0.6) is 0 Å². The first kappa shape index (κ1) is 14.2. The summed E-state index contributed by atoms with van der Waals surface area (Å²) < 4.78 is 27.4. The minimum absolute atomic E-state index is 0.0686. The van der Waals surface area contributed by atoms with Crippen molar-refractivity contribution in [3.8, 4) is 0 Å². The molecule has 0 aliphatic heterocycles. The summed E-state index contributed by atoms with van der Waals surface area (Å²) in [5.74, 6) is -0.0686. The maximum Gasteiger partial charge on any atom is 0.241 e. The van der Waals surface area contributed by atoms with Crippen LogP contribution in [-0.2, 0) is 10.0 Å². The second-order valence-electron chi connectivity index (χ2n) is 5.17. The van der Waals surface area contributed by atoms with E-state index in [9.17, 15) is 13.2 Å². The number of hydrogen-bond acceptors (Lipinski definition) is 3. The second-order valence-corrected chi connectivity index (χ2v) is 6.86. The molecule has 1 N–H and O–H groups in total. The standard InChI is InChI=1S/C14H19NO3S/c1-3-14(9-4-10-14)15-19(17,18)13-7-5-12(6-8-13)11(2)16/h5-8,15H,3-4,9-10H2,1-2H3. The molecule has 1 aromatic rings. The van der Waals surface area contributed by atoms with Gasteiger partial charge in [0.15, 0.2) is 5.78 Å². The Morgan fingerprint density at radius 3 is 2.21 bits per heavy atom. The fourth-order valence-corrected chi connectivity index (χ4v) is 3.87. The fourth-order valence-electron chi connectivity index (χ4n) is 2.34. The quantitative estimate of drug-likeness (QED) is 0.843. The van der Waals surface area contributed by atoms with Crippen LogP contribution in [0.2, 0.25) is 0 Å². The minimum Gasteiger partial charge on any atom is -0.295 e. The Hall–Kier alpha value is -1.20. The zero-order valence-corrected chi connectivity index (χ0v) is 12.1. The molecule has 0 atom stereocenters. The molecule has 5 heteroatoms. The number of ketones is 1. The Kier molecular flexibility index (Phi) is 3.78. The van der Waals surface area contributed by atoms with Gasteiger partial charge in [0, 0.05) is 11.1 Å². The summed E-state index contributed by atoms with van der Waals surface area (Å²) in [6, 6.07) is 6.08. The minimum atomic E-state index is -3.49. The number of carbonyl (C=O) groups excluding carboxylic acids is 1. The topological polar surface area (TPSA) is 63.2 Å². The van der Waals surface area contributed by atoms with E-state index in [0.717, 1.165) is 25.7 Å². The van der Waals surface area contributed by atoms with Crippen LogP contribution in [0.25, 0.3) is 0 Å². The van der Waals surface area contributed by atoms with E-state index in [-0.39, 0.29) is 16.2 Å². The number of hydrogen-bond donors (Lipinski definition) is 1. The molecule has 1 aliphatic rings.